The second-order valence-corrected chi connectivity index (χ2v) is 8.55. The third kappa shape index (κ3) is 5.77. The van der Waals surface area contributed by atoms with E-state index >= 15 is 0 Å². The molecule has 0 N–H and O–H groups in total. The minimum Gasteiger partial charge on any atom is -0.371 e. The van der Waals surface area contributed by atoms with Crippen molar-refractivity contribution in [3.8, 4) is 0 Å². The van der Waals surface area contributed by atoms with Crippen molar-refractivity contribution in [3.63, 3.8) is 0 Å². The Kier molecular flexibility index (Phi) is 6.41. The van der Waals surface area contributed by atoms with Crippen LogP contribution in [0.25, 0.3) is 0 Å². The van der Waals surface area contributed by atoms with Crippen LogP contribution in [0.2, 0.25) is 0 Å². The zero-order valence-corrected chi connectivity index (χ0v) is 18.2. The molecule has 6 nitrogen and oxygen atoms in total. The van der Waals surface area contributed by atoms with Gasteiger partial charge in [0, 0.05) is 44.0 Å². The Labute approximate surface area is 184 Å². The van der Waals surface area contributed by atoms with Gasteiger partial charge in [-0.05, 0) is 30.2 Å². The minimum atomic E-state index is 0.313. The molecule has 0 aromatic heterocycles. The van der Waals surface area contributed by atoms with E-state index in [0.29, 0.717) is 31.6 Å². The topological polar surface area (TPSA) is 53.3 Å². The SMILES string of the molecule is CCOCN(CC1CO1)c1ccccc1Cc1ccccc1N(CC1CO1)CC1CO1. The molecular weight excluding hydrogens is 392 g/mol. The summed E-state index contributed by atoms with van der Waals surface area (Å²) < 4.78 is 22.4. The van der Waals surface area contributed by atoms with Gasteiger partial charge in [0.15, 0.2) is 0 Å². The molecule has 0 amide bonds. The second kappa shape index (κ2) is 9.57. The summed E-state index contributed by atoms with van der Waals surface area (Å²) in [7, 11) is 0. The first-order valence-electron chi connectivity index (χ1n) is 11.4. The molecule has 5 rings (SSSR count). The number of para-hydroxylation sites is 2. The lowest BCUT2D eigenvalue weighted by atomic mass is 10.00. The van der Waals surface area contributed by atoms with Gasteiger partial charge in [-0.2, -0.15) is 0 Å². The van der Waals surface area contributed by atoms with E-state index in [4.69, 9.17) is 18.9 Å². The van der Waals surface area contributed by atoms with Crippen LogP contribution in [0.3, 0.4) is 0 Å². The van der Waals surface area contributed by atoms with Crippen LogP contribution in [-0.4, -0.2) is 71.1 Å². The molecule has 3 atom stereocenters. The molecule has 166 valence electrons. The standard InChI is InChI=1S/C25H32N2O4/c1-2-28-18-27(14-23-17-31-23)25-10-6-4-8-20(25)11-19-7-3-5-9-24(19)26(12-21-15-29-21)13-22-16-30-22/h3-10,21-23H,2,11-18H2,1H3. The summed E-state index contributed by atoms with van der Waals surface area (Å²) in [6, 6.07) is 17.4. The molecule has 0 bridgehead atoms. The highest BCUT2D eigenvalue weighted by atomic mass is 16.6. The van der Waals surface area contributed by atoms with Crippen molar-refractivity contribution in [1.29, 1.82) is 0 Å². The summed E-state index contributed by atoms with van der Waals surface area (Å²) in [6.45, 7) is 8.61. The van der Waals surface area contributed by atoms with E-state index in [2.05, 4.69) is 58.3 Å². The van der Waals surface area contributed by atoms with Gasteiger partial charge >= 0.3 is 0 Å². The van der Waals surface area contributed by atoms with E-state index in [0.717, 1.165) is 45.9 Å². The maximum Gasteiger partial charge on any atom is 0.119 e. The fraction of sp³-hybridized carbons (Fsp3) is 0.520. The molecular formula is C25H32N2O4. The number of ether oxygens (including phenoxy) is 4. The van der Waals surface area contributed by atoms with E-state index < -0.39 is 0 Å². The van der Waals surface area contributed by atoms with Gasteiger partial charge in [-0.3, -0.25) is 0 Å². The van der Waals surface area contributed by atoms with Gasteiger partial charge < -0.3 is 28.7 Å². The predicted octanol–water partition coefficient (Wildman–Crippen LogP) is 3.08. The summed E-state index contributed by atoms with van der Waals surface area (Å²) in [5.74, 6) is 0. The van der Waals surface area contributed by atoms with Crippen molar-refractivity contribution < 1.29 is 18.9 Å². The fourth-order valence-electron chi connectivity index (χ4n) is 4.09. The molecule has 3 unspecified atom stereocenters. The van der Waals surface area contributed by atoms with Crippen molar-refractivity contribution in [2.45, 2.75) is 31.7 Å². The van der Waals surface area contributed by atoms with Gasteiger partial charge in [0.1, 0.15) is 6.73 Å². The van der Waals surface area contributed by atoms with Crippen molar-refractivity contribution >= 4 is 11.4 Å². The van der Waals surface area contributed by atoms with Crippen molar-refractivity contribution in [2.75, 3.05) is 62.6 Å². The number of benzene rings is 2. The molecule has 0 saturated carbocycles. The molecule has 6 heteroatoms. The molecule has 3 heterocycles. The van der Waals surface area contributed by atoms with E-state index in [-0.39, 0.29) is 0 Å². The van der Waals surface area contributed by atoms with Crippen LogP contribution in [0.5, 0.6) is 0 Å². The lowest BCUT2D eigenvalue weighted by Gasteiger charge is -2.28. The Hall–Kier alpha value is -2.12. The largest absolute Gasteiger partial charge is 0.371 e. The van der Waals surface area contributed by atoms with Crippen molar-refractivity contribution in [2.24, 2.45) is 0 Å². The van der Waals surface area contributed by atoms with Gasteiger partial charge in [0.05, 0.1) is 38.1 Å². The Morgan fingerprint density at radius 3 is 1.68 bits per heavy atom. The monoisotopic (exact) mass is 424 g/mol. The highest BCUT2D eigenvalue weighted by Gasteiger charge is 2.32. The van der Waals surface area contributed by atoms with Crippen LogP contribution < -0.4 is 9.80 Å². The summed E-state index contributed by atoms with van der Waals surface area (Å²) in [5, 5.41) is 0. The number of nitrogens with zero attached hydrogens (tertiary/aromatic N) is 2. The number of epoxide rings is 3. The Bertz CT molecular complexity index is 850. The summed E-state index contributed by atoms with van der Waals surface area (Å²) in [6.07, 6.45) is 1.88. The van der Waals surface area contributed by atoms with Gasteiger partial charge in [0.25, 0.3) is 0 Å². The number of rotatable bonds is 13. The van der Waals surface area contributed by atoms with E-state index in [9.17, 15) is 0 Å². The van der Waals surface area contributed by atoms with Gasteiger partial charge in [-0.15, -0.1) is 0 Å². The van der Waals surface area contributed by atoms with Gasteiger partial charge in [-0.1, -0.05) is 36.4 Å². The van der Waals surface area contributed by atoms with Gasteiger partial charge in [-0.25, -0.2) is 0 Å². The molecule has 3 aliphatic rings. The minimum absolute atomic E-state index is 0.313. The maximum atomic E-state index is 5.78. The Balaban J connectivity index is 1.39. The van der Waals surface area contributed by atoms with Crippen molar-refractivity contribution in [3.05, 3.63) is 59.7 Å². The average molecular weight is 425 g/mol. The number of hydrogen-bond acceptors (Lipinski definition) is 6. The first kappa shape index (κ1) is 20.8. The Morgan fingerprint density at radius 1 is 0.742 bits per heavy atom. The van der Waals surface area contributed by atoms with Gasteiger partial charge in [0.2, 0.25) is 0 Å². The molecule has 0 radical (unpaired) electrons. The third-order valence-corrected chi connectivity index (χ3v) is 5.98. The third-order valence-electron chi connectivity index (χ3n) is 5.98. The molecule has 0 aliphatic carbocycles. The lowest BCUT2D eigenvalue weighted by Crippen LogP contribution is -2.32. The smallest absolute Gasteiger partial charge is 0.119 e. The van der Waals surface area contributed by atoms with E-state index in [1.165, 1.54) is 22.5 Å². The summed E-state index contributed by atoms with van der Waals surface area (Å²) >= 11 is 0. The summed E-state index contributed by atoms with van der Waals surface area (Å²) in [5.41, 5.74) is 5.14. The van der Waals surface area contributed by atoms with Crippen molar-refractivity contribution in [1.82, 2.24) is 0 Å². The zero-order valence-electron chi connectivity index (χ0n) is 18.2. The quantitative estimate of drug-likeness (QED) is 0.364. The summed E-state index contributed by atoms with van der Waals surface area (Å²) in [4.78, 5) is 4.76. The Morgan fingerprint density at radius 2 is 1.19 bits per heavy atom. The molecule has 2 aromatic rings. The maximum absolute atomic E-state index is 5.78. The molecule has 3 fully saturated rings. The van der Waals surface area contributed by atoms with Crippen LogP contribution in [0, 0.1) is 0 Å². The molecule has 0 spiro atoms. The zero-order chi connectivity index (χ0) is 21.0. The van der Waals surface area contributed by atoms with Crippen LogP contribution >= 0.6 is 0 Å². The molecule has 2 aromatic carbocycles. The van der Waals surface area contributed by atoms with E-state index in [1.807, 2.05) is 6.92 Å². The van der Waals surface area contributed by atoms with E-state index in [1.54, 1.807) is 0 Å². The fourth-order valence-corrected chi connectivity index (χ4v) is 4.09. The highest BCUT2D eigenvalue weighted by Crippen LogP contribution is 2.31. The lowest BCUT2D eigenvalue weighted by molar-refractivity contribution is 0.146. The first-order chi connectivity index (χ1) is 15.3. The molecule has 31 heavy (non-hydrogen) atoms. The van der Waals surface area contributed by atoms with Crippen LogP contribution in [0.1, 0.15) is 18.1 Å². The normalized spacial score (nSPS) is 23.5. The molecule has 3 aliphatic heterocycles. The first-order valence-corrected chi connectivity index (χ1v) is 11.4. The van der Waals surface area contributed by atoms with Crippen LogP contribution in [-0.2, 0) is 25.4 Å². The highest BCUT2D eigenvalue weighted by molar-refractivity contribution is 5.60. The second-order valence-electron chi connectivity index (χ2n) is 8.55. The average Bonchev–Trinajstić information content (AvgIpc) is 3.62. The number of hydrogen-bond donors (Lipinski definition) is 0. The van der Waals surface area contributed by atoms with Crippen LogP contribution in [0.4, 0.5) is 11.4 Å². The molecule has 3 saturated heterocycles. The van der Waals surface area contributed by atoms with Crippen LogP contribution in [0.15, 0.2) is 48.5 Å². The number of anilines is 2. The predicted molar refractivity (Wildman–Crippen MR) is 121 cm³/mol.